The molecule has 8 heteroatoms. The molecule has 4 nitrogen and oxygen atoms in total. The molecule has 0 aliphatic carbocycles. The molecule has 0 N–H and O–H groups in total. The second-order valence-corrected chi connectivity index (χ2v) is 19.4. The maximum atomic E-state index is 14.8. The van der Waals surface area contributed by atoms with E-state index in [2.05, 4.69) is 107 Å². The molecule has 0 aliphatic rings. The van der Waals surface area contributed by atoms with Gasteiger partial charge in [0, 0.05) is 63.2 Å². The molecule has 0 saturated carbocycles. The van der Waals surface area contributed by atoms with E-state index in [0.717, 1.165) is 82.7 Å². The van der Waals surface area contributed by atoms with E-state index in [1.54, 1.807) is 45.3 Å². The minimum absolute atomic E-state index is 0.0444. The third-order valence-corrected chi connectivity index (χ3v) is 15.9. The predicted octanol–water partition coefficient (Wildman–Crippen LogP) is 15.2. The number of rotatable bonds is 16. The Morgan fingerprint density at radius 2 is 0.839 bits per heavy atom. The number of pyridine rings is 2. The molecule has 286 valence electrons. The van der Waals surface area contributed by atoms with Crippen LogP contribution in [0.5, 0.6) is 0 Å². The number of aromatic nitrogens is 2. The van der Waals surface area contributed by atoms with Crippen molar-refractivity contribution in [3.05, 3.63) is 104 Å². The zero-order valence-corrected chi connectivity index (χ0v) is 35.6. The van der Waals surface area contributed by atoms with E-state index in [-0.39, 0.29) is 10.9 Å². The van der Waals surface area contributed by atoms with E-state index in [0.29, 0.717) is 10.8 Å². The summed E-state index contributed by atoms with van der Waals surface area (Å²) in [6, 6.07) is 25.9. The molecule has 0 atom stereocenters. The first-order valence-electron chi connectivity index (χ1n) is 20.6. The van der Waals surface area contributed by atoms with E-state index in [4.69, 9.17) is 0 Å². The van der Waals surface area contributed by atoms with Gasteiger partial charge < -0.3 is 9.13 Å². The molecule has 6 aromatic heterocycles. The van der Waals surface area contributed by atoms with Gasteiger partial charge in [0.15, 0.2) is 10.9 Å². The average molecular weight is 813 g/mol. The SMILES string of the molecule is CCCCCCCCn1c2ccc(-c3cc4sccc4s3)cc2c(=O)c2cc3c(cc21)c(=O)c1cc(-c2cc4sccc4s2)ccc1n3CCCCCCCC. The quantitative estimate of drug-likeness (QED) is 0.0720. The highest BCUT2D eigenvalue weighted by Crippen LogP contribution is 2.39. The van der Waals surface area contributed by atoms with Crippen LogP contribution in [-0.4, -0.2) is 9.13 Å². The van der Waals surface area contributed by atoms with E-state index in [9.17, 15) is 9.59 Å². The van der Waals surface area contributed by atoms with Gasteiger partial charge in [-0.3, -0.25) is 9.59 Å². The van der Waals surface area contributed by atoms with Crippen LogP contribution in [0.15, 0.2) is 93.1 Å². The maximum absolute atomic E-state index is 14.8. The summed E-state index contributed by atoms with van der Waals surface area (Å²) >= 11 is 7.10. The number of nitrogens with zero attached hydrogens (tertiary/aromatic N) is 2. The van der Waals surface area contributed by atoms with Crippen LogP contribution in [0.4, 0.5) is 0 Å². The zero-order valence-electron chi connectivity index (χ0n) is 32.3. The molecule has 0 fully saturated rings. The topological polar surface area (TPSA) is 44.0 Å². The number of thiophene rings is 4. The summed E-state index contributed by atoms with van der Waals surface area (Å²) in [6.07, 6.45) is 14.3. The Hall–Kier alpha value is -4.08. The minimum atomic E-state index is 0.0444. The number of hydrogen-bond donors (Lipinski definition) is 0. The van der Waals surface area contributed by atoms with Crippen LogP contribution in [-0.2, 0) is 13.1 Å². The molecule has 56 heavy (non-hydrogen) atoms. The molecular weight excluding hydrogens is 765 g/mol. The Morgan fingerprint density at radius 1 is 0.429 bits per heavy atom. The molecule has 0 saturated heterocycles. The second-order valence-electron chi connectivity index (χ2n) is 15.4. The highest BCUT2D eigenvalue weighted by Gasteiger charge is 2.19. The van der Waals surface area contributed by atoms with Crippen LogP contribution in [0.2, 0.25) is 0 Å². The molecule has 0 aliphatic heterocycles. The molecule has 9 aromatic rings. The van der Waals surface area contributed by atoms with E-state index >= 15 is 0 Å². The molecule has 9 rings (SSSR count). The van der Waals surface area contributed by atoms with Crippen LogP contribution in [0.1, 0.15) is 90.9 Å². The smallest absolute Gasteiger partial charge is 0.197 e. The van der Waals surface area contributed by atoms with Crippen LogP contribution in [0, 0.1) is 0 Å². The summed E-state index contributed by atoms with van der Waals surface area (Å²) < 4.78 is 9.83. The molecule has 6 heterocycles. The Balaban J connectivity index is 1.23. The number of hydrogen-bond acceptors (Lipinski definition) is 6. The lowest BCUT2D eigenvalue weighted by molar-refractivity contribution is 0.569. The van der Waals surface area contributed by atoms with E-state index in [1.165, 1.54) is 79.9 Å². The first-order chi connectivity index (χ1) is 27.5. The lowest BCUT2D eigenvalue weighted by Gasteiger charge is -2.19. The number of fused-ring (bicyclic) bond motifs is 6. The molecule has 0 unspecified atom stereocenters. The summed E-state index contributed by atoms with van der Waals surface area (Å²) in [5.41, 5.74) is 5.89. The highest BCUT2D eigenvalue weighted by molar-refractivity contribution is 7.29. The van der Waals surface area contributed by atoms with Gasteiger partial charge in [0.2, 0.25) is 0 Å². The number of unbranched alkanes of at least 4 members (excludes halogenated alkanes) is 10. The minimum Gasteiger partial charge on any atom is -0.340 e. The molecule has 0 amide bonds. The molecule has 3 aromatic carbocycles. The number of aryl methyl sites for hydroxylation is 2. The predicted molar refractivity (Wildman–Crippen MR) is 249 cm³/mol. The first kappa shape index (κ1) is 37.5. The number of benzene rings is 3. The van der Waals surface area contributed by atoms with Crippen LogP contribution in [0.25, 0.3) is 83.3 Å². The fraction of sp³-hybridized carbons (Fsp3) is 0.333. The van der Waals surface area contributed by atoms with Crippen LogP contribution in [0.3, 0.4) is 0 Å². The van der Waals surface area contributed by atoms with Crippen molar-refractivity contribution < 1.29 is 0 Å². The van der Waals surface area contributed by atoms with Crippen LogP contribution >= 0.6 is 45.3 Å². The van der Waals surface area contributed by atoms with E-state index < -0.39 is 0 Å². The van der Waals surface area contributed by atoms with Gasteiger partial charge >= 0.3 is 0 Å². The van der Waals surface area contributed by atoms with Crippen molar-refractivity contribution in [2.75, 3.05) is 0 Å². The summed E-state index contributed by atoms with van der Waals surface area (Å²) in [4.78, 5) is 32.0. The van der Waals surface area contributed by atoms with Gasteiger partial charge in [0.05, 0.1) is 22.1 Å². The van der Waals surface area contributed by atoms with Crippen molar-refractivity contribution in [3.8, 4) is 20.9 Å². The van der Waals surface area contributed by atoms with Crippen molar-refractivity contribution in [1.82, 2.24) is 9.13 Å². The Bertz CT molecular complexity index is 2710. The van der Waals surface area contributed by atoms with Gasteiger partial charge in [-0.15, -0.1) is 45.3 Å². The fourth-order valence-corrected chi connectivity index (χ4v) is 12.8. The summed E-state index contributed by atoms with van der Waals surface area (Å²) in [5.74, 6) is 0. The molecular formula is C48H48N2O2S4. The largest absolute Gasteiger partial charge is 0.340 e. The summed E-state index contributed by atoms with van der Waals surface area (Å²) in [7, 11) is 0. The average Bonchev–Trinajstić information content (AvgIpc) is 4.02. The second kappa shape index (κ2) is 16.4. The fourth-order valence-electron chi connectivity index (χ4n) is 8.55. The molecule has 0 spiro atoms. The van der Waals surface area contributed by atoms with E-state index in [1.807, 2.05) is 0 Å². The Kier molecular flexibility index (Phi) is 11.0. The Morgan fingerprint density at radius 3 is 1.27 bits per heavy atom. The van der Waals surface area contributed by atoms with Crippen LogP contribution < -0.4 is 10.9 Å². The lowest BCUT2D eigenvalue weighted by Crippen LogP contribution is -2.16. The van der Waals surface area contributed by atoms with Crippen molar-refractivity contribution in [3.63, 3.8) is 0 Å². The molecule has 0 bridgehead atoms. The highest BCUT2D eigenvalue weighted by atomic mass is 32.1. The van der Waals surface area contributed by atoms with Crippen molar-refractivity contribution in [2.24, 2.45) is 0 Å². The van der Waals surface area contributed by atoms with Gasteiger partial charge in [0.1, 0.15) is 0 Å². The monoisotopic (exact) mass is 812 g/mol. The lowest BCUT2D eigenvalue weighted by atomic mass is 10.0. The summed E-state index contributed by atoms with van der Waals surface area (Å²) in [6.45, 7) is 6.12. The third-order valence-electron chi connectivity index (χ3n) is 11.6. The van der Waals surface area contributed by atoms with Gasteiger partial charge in [0.25, 0.3) is 0 Å². The standard InChI is InChI=1S/C48H48N2O2S4/c1-3-5-7-9-11-13-21-49-37-17-15-31(43-29-45-41(55-43)19-23-53-45)25-33(37)47(51)35-28-40-36(27-39(35)49)48(52)34-26-32(44-30-46-42(56-44)20-24-54-46)16-18-38(34)50(40)22-14-12-10-8-6-4-2/h15-20,23-30H,3-14,21-22H2,1-2H3. The van der Waals surface area contributed by atoms with Gasteiger partial charge in [-0.05, 0) is 95.4 Å². The normalized spacial score (nSPS) is 12.2. The van der Waals surface area contributed by atoms with Crippen molar-refractivity contribution in [1.29, 1.82) is 0 Å². The van der Waals surface area contributed by atoms with Gasteiger partial charge in [-0.25, -0.2) is 0 Å². The molecule has 0 radical (unpaired) electrons. The van der Waals surface area contributed by atoms with Gasteiger partial charge in [-0.2, -0.15) is 0 Å². The summed E-state index contributed by atoms with van der Waals surface area (Å²) in [5, 5.41) is 7.19. The first-order valence-corrected chi connectivity index (χ1v) is 24.0. The van der Waals surface area contributed by atoms with Crippen molar-refractivity contribution in [2.45, 2.75) is 104 Å². The Labute approximate surface area is 343 Å². The van der Waals surface area contributed by atoms with Crippen molar-refractivity contribution >= 4 is 108 Å². The zero-order chi connectivity index (χ0) is 38.2. The third kappa shape index (κ3) is 7.08. The van der Waals surface area contributed by atoms with Gasteiger partial charge in [-0.1, -0.05) is 90.2 Å². The maximum Gasteiger partial charge on any atom is 0.197 e.